The number of hydrogen-bond donors (Lipinski definition) is 2. The highest BCUT2D eigenvalue weighted by atomic mass is 16.5. The molecule has 4 rings (SSSR count). The summed E-state index contributed by atoms with van der Waals surface area (Å²) in [5.41, 5.74) is 3.29. The van der Waals surface area contributed by atoms with Crippen LogP contribution in [-0.4, -0.2) is 32.3 Å². The maximum absolute atomic E-state index is 12.0. The van der Waals surface area contributed by atoms with E-state index in [-0.39, 0.29) is 11.8 Å². The molecule has 2 aromatic heterocycles. The molecule has 1 amide bonds. The summed E-state index contributed by atoms with van der Waals surface area (Å²) in [4.78, 5) is 16.1. The third kappa shape index (κ3) is 3.72. The van der Waals surface area contributed by atoms with Gasteiger partial charge in [-0.1, -0.05) is 19.1 Å². The van der Waals surface area contributed by atoms with Crippen molar-refractivity contribution < 1.29 is 9.53 Å². The number of aryl methyl sites for hydroxylation is 2. The van der Waals surface area contributed by atoms with Gasteiger partial charge >= 0.3 is 0 Å². The molecule has 27 heavy (non-hydrogen) atoms. The molecule has 1 aliphatic heterocycles. The van der Waals surface area contributed by atoms with Crippen LogP contribution in [0.3, 0.4) is 0 Å². The zero-order chi connectivity index (χ0) is 18.6. The molecule has 0 fully saturated rings. The van der Waals surface area contributed by atoms with Crippen LogP contribution in [0.4, 0.5) is 5.82 Å². The molecule has 0 saturated heterocycles. The average molecular weight is 365 g/mol. The van der Waals surface area contributed by atoms with Crippen LogP contribution in [0.2, 0.25) is 0 Å². The van der Waals surface area contributed by atoms with Crippen LogP contribution in [-0.2, 0) is 17.8 Å². The maximum Gasteiger partial charge on any atom is 0.226 e. The van der Waals surface area contributed by atoms with Gasteiger partial charge in [-0.3, -0.25) is 9.89 Å². The van der Waals surface area contributed by atoms with Crippen molar-refractivity contribution >= 4 is 11.7 Å². The number of benzene rings is 1. The maximum atomic E-state index is 12.0. The van der Waals surface area contributed by atoms with E-state index in [0.29, 0.717) is 18.8 Å². The van der Waals surface area contributed by atoms with Crippen LogP contribution in [0.5, 0.6) is 5.75 Å². The van der Waals surface area contributed by atoms with E-state index in [9.17, 15) is 4.79 Å². The highest BCUT2D eigenvalue weighted by molar-refractivity contribution is 5.94. The second-order valence-electron chi connectivity index (χ2n) is 6.69. The molecule has 0 bridgehead atoms. The molecule has 7 heteroatoms. The number of fused-ring (bicyclic) bond motifs is 1. The number of amides is 1. The third-order valence-corrected chi connectivity index (χ3v) is 4.90. The first-order valence-corrected chi connectivity index (χ1v) is 9.30. The second-order valence-corrected chi connectivity index (χ2v) is 6.69. The topological polar surface area (TPSA) is 84.8 Å². The number of carbonyl (C=O) groups is 1. The lowest BCUT2D eigenvalue weighted by Gasteiger charge is -2.23. The van der Waals surface area contributed by atoms with Gasteiger partial charge in [-0.25, -0.2) is 4.98 Å². The summed E-state index contributed by atoms with van der Waals surface area (Å²) in [6.07, 6.45) is 7.74. The quantitative estimate of drug-likeness (QED) is 0.630. The fraction of sp³-hybridized carbons (Fsp3) is 0.350. The number of hydrogen-bond acceptors (Lipinski definition) is 4. The Kier molecular flexibility index (Phi) is 4.91. The molecule has 3 aromatic rings. The van der Waals surface area contributed by atoms with Crippen molar-refractivity contribution in [2.75, 3.05) is 11.9 Å². The Hall–Kier alpha value is -3.09. The van der Waals surface area contributed by atoms with Crippen LogP contribution in [0, 0.1) is 0 Å². The van der Waals surface area contributed by atoms with Crippen molar-refractivity contribution in [2.45, 2.75) is 38.6 Å². The predicted molar refractivity (Wildman–Crippen MR) is 102 cm³/mol. The fourth-order valence-electron chi connectivity index (χ4n) is 3.53. The van der Waals surface area contributed by atoms with E-state index >= 15 is 0 Å². The molecule has 1 atom stereocenters. The minimum absolute atomic E-state index is 0.00137. The Morgan fingerprint density at radius 1 is 1.30 bits per heavy atom. The Morgan fingerprint density at radius 2 is 2.15 bits per heavy atom. The molecular formula is C20H23N5O2. The highest BCUT2D eigenvalue weighted by Gasteiger charge is 2.30. The van der Waals surface area contributed by atoms with Gasteiger partial charge in [0.2, 0.25) is 5.91 Å². The molecule has 0 aliphatic carbocycles. The van der Waals surface area contributed by atoms with Crippen molar-refractivity contribution in [3.05, 3.63) is 59.8 Å². The van der Waals surface area contributed by atoms with Crippen LogP contribution < -0.4 is 10.1 Å². The number of H-pyrrole nitrogens is 1. The molecule has 140 valence electrons. The number of anilines is 1. The molecule has 0 radical (unpaired) electrons. The summed E-state index contributed by atoms with van der Waals surface area (Å²) in [6.45, 7) is 3.62. The van der Waals surface area contributed by atoms with Gasteiger partial charge in [-0.2, -0.15) is 5.10 Å². The minimum atomic E-state index is 0.00137. The van der Waals surface area contributed by atoms with Crippen LogP contribution in [0.1, 0.15) is 42.5 Å². The van der Waals surface area contributed by atoms with Gasteiger partial charge in [-0.15, -0.1) is 0 Å². The first-order chi connectivity index (χ1) is 13.2. The SMILES string of the molecule is CCc1[nH]nc2c1C(c1ccc(OCCCn3ccnc3)cc1)CC(=O)N2. The summed E-state index contributed by atoms with van der Waals surface area (Å²) < 4.78 is 7.87. The third-order valence-electron chi connectivity index (χ3n) is 4.90. The van der Waals surface area contributed by atoms with Gasteiger partial charge in [-0.05, 0) is 30.5 Å². The van der Waals surface area contributed by atoms with Crippen molar-refractivity contribution in [1.82, 2.24) is 19.7 Å². The molecule has 0 spiro atoms. The molecule has 0 saturated carbocycles. The van der Waals surface area contributed by atoms with Crippen molar-refractivity contribution in [1.29, 1.82) is 0 Å². The molecule has 1 unspecified atom stereocenters. The summed E-state index contributed by atoms with van der Waals surface area (Å²) in [5.74, 6) is 1.53. The molecule has 3 heterocycles. The Morgan fingerprint density at radius 3 is 2.89 bits per heavy atom. The van der Waals surface area contributed by atoms with E-state index in [2.05, 4.69) is 27.4 Å². The van der Waals surface area contributed by atoms with Gasteiger partial charge in [0.05, 0.1) is 12.9 Å². The smallest absolute Gasteiger partial charge is 0.226 e. The first-order valence-electron chi connectivity index (χ1n) is 9.30. The Labute approximate surface area is 157 Å². The Bertz CT molecular complexity index is 899. The lowest BCUT2D eigenvalue weighted by Crippen LogP contribution is -2.23. The Balaban J connectivity index is 1.42. The number of rotatable bonds is 7. The average Bonchev–Trinajstić information content (AvgIpc) is 3.34. The van der Waals surface area contributed by atoms with Crippen molar-refractivity contribution in [3.8, 4) is 5.75 Å². The predicted octanol–water partition coefficient (Wildman–Crippen LogP) is 3.11. The number of aromatic amines is 1. The first kappa shape index (κ1) is 17.3. The number of ether oxygens (including phenoxy) is 1. The molecular weight excluding hydrogens is 342 g/mol. The number of nitrogens with one attached hydrogen (secondary N) is 2. The van der Waals surface area contributed by atoms with Crippen LogP contribution >= 0.6 is 0 Å². The monoisotopic (exact) mass is 365 g/mol. The summed E-state index contributed by atoms with van der Waals surface area (Å²) in [5, 5.41) is 10.2. The summed E-state index contributed by atoms with van der Waals surface area (Å²) >= 11 is 0. The number of nitrogens with zero attached hydrogens (tertiary/aromatic N) is 3. The molecule has 1 aliphatic rings. The number of imidazole rings is 1. The van der Waals surface area contributed by atoms with E-state index in [0.717, 1.165) is 42.0 Å². The van der Waals surface area contributed by atoms with Crippen molar-refractivity contribution in [3.63, 3.8) is 0 Å². The van der Waals surface area contributed by atoms with Crippen molar-refractivity contribution in [2.24, 2.45) is 0 Å². The molecule has 1 aromatic carbocycles. The molecule has 2 N–H and O–H groups in total. The second kappa shape index (κ2) is 7.65. The van der Waals surface area contributed by atoms with Gasteiger partial charge in [0.15, 0.2) is 5.82 Å². The lowest BCUT2D eigenvalue weighted by molar-refractivity contribution is -0.116. The van der Waals surface area contributed by atoms with Crippen LogP contribution in [0.25, 0.3) is 0 Å². The molecule has 7 nitrogen and oxygen atoms in total. The normalized spacial score (nSPS) is 16.0. The van der Waals surface area contributed by atoms with Gasteiger partial charge in [0, 0.05) is 42.5 Å². The van der Waals surface area contributed by atoms with E-state index in [1.54, 1.807) is 6.20 Å². The minimum Gasteiger partial charge on any atom is -0.494 e. The van der Waals surface area contributed by atoms with E-state index in [1.807, 2.05) is 41.4 Å². The summed E-state index contributed by atoms with van der Waals surface area (Å²) in [6, 6.07) is 8.05. The number of carbonyl (C=O) groups excluding carboxylic acids is 1. The van der Waals surface area contributed by atoms with E-state index in [1.165, 1.54) is 0 Å². The van der Waals surface area contributed by atoms with Crippen LogP contribution in [0.15, 0.2) is 43.0 Å². The van der Waals surface area contributed by atoms with E-state index < -0.39 is 0 Å². The zero-order valence-electron chi connectivity index (χ0n) is 15.3. The van der Waals surface area contributed by atoms with Gasteiger partial charge < -0.3 is 14.6 Å². The zero-order valence-corrected chi connectivity index (χ0v) is 15.3. The highest BCUT2D eigenvalue weighted by Crippen LogP contribution is 2.38. The summed E-state index contributed by atoms with van der Waals surface area (Å²) in [7, 11) is 0. The number of aromatic nitrogens is 4. The van der Waals surface area contributed by atoms with Gasteiger partial charge in [0.25, 0.3) is 0 Å². The lowest BCUT2D eigenvalue weighted by atomic mass is 9.85. The fourth-order valence-corrected chi connectivity index (χ4v) is 3.53. The van der Waals surface area contributed by atoms with Gasteiger partial charge in [0.1, 0.15) is 5.75 Å². The largest absolute Gasteiger partial charge is 0.494 e. The standard InChI is InChI=1S/C20H23N5O2/c1-2-17-19-16(12-18(26)22-20(19)24-23-17)14-4-6-15(7-5-14)27-11-3-9-25-10-8-21-13-25/h4-8,10,13,16H,2-3,9,11-12H2,1H3,(H2,22,23,24,26). The van der Waals surface area contributed by atoms with E-state index in [4.69, 9.17) is 4.74 Å².